The van der Waals surface area contributed by atoms with E-state index in [4.69, 9.17) is 0 Å². The number of hydrogen-bond donors (Lipinski definition) is 0. The van der Waals surface area contributed by atoms with Gasteiger partial charge in [0.2, 0.25) is 0 Å². The monoisotopic (exact) mass is 252 g/mol. The summed E-state index contributed by atoms with van der Waals surface area (Å²) in [6, 6.07) is 0. The third-order valence-corrected chi connectivity index (χ3v) is 3.78. The number of nitrogens with zero attached hydrogens (tertiary/aromatic N) is 2. The maximum atomic E-state index is 2.56. The molecule has 0 radical (unpaired) electrons. The molecule has 0 spiro atoms. The first-order chi connectivity index (χ1) is 8.83. The van der Waals surface area contributed by atoms with Gasteiger partial charge in [0.25, 0.3) is 0 Å². The first-order valence-electron chi connectivity index (χ1n) is 8.03. The van der Waals surface area contributed by atoms with Crippen LogP contribution in [0.5, 0.6) is 0 Å². The van der Waals surface area contributed by atoms with Crippen LogP contribution in [0, 0.1) is 0 Å². The molecule has 0 aromatic heterocycles. The van der Waals surface area contributed by atoms with E-state index in [0.29, 0.717) is 6.17 Å². The van der Waals surface area contributed by atoms with E-state index in [9.17, 15) is 0 Å². The molecule has 0 saturated heterocycles. The first kappa shape index (κ1) is 15.4. The van der Waals surface area contributed by atoms with E-state index >= 15 is 0 Å². The van der Waals surface area contributed by atoms with Crippen LogP contribution >= 0.6 is 0 Å². The van der Waals surface area contributed by atoms with E-state index in [1.54, 1.807) is 0 Å². The molecule has 1 heterocycles. The average Bonchev–Trinajstić information content (AvgIpc) is 2.75. The van der Waals surface area contributed by atoms with Crippen LogP contribution in [0.1, 0.15) is 72.1 Å². The highest BCUT2D eigenvalue weighted by atomic mass is 15.4. The second-order valence-corrected chi connectivity index (χ2v) is 5.46. The fourth-order valence-electron chi connectivity index (χ4n) is 2.69. The fraction of sp³-hybridized carbons (Fsp3) is 0.875. The fourth-order valence-corrected chi connectivity index (χ4v) is 2.69. The Morgan fingerprint density at radius 1 is 0.722 bits per heavy atom. The van der Waals surface area contributed by atoms with Crippen molar-refractivity contribution < 1.29 is 0 Å². The lowest BCUT2D eigenvalue weighted by atomic mass is 10.1. The highest BCUT2D eigenvalue weighted by Gasteiger charge is 2.24. The minimum absolute atomic E-state index is 0.647. The van der Waals surface area contributed by atoms with Gasteiger partial charge in [-0.05, 0) is 25.7 Å². The smallest absolute Gasteiger partial charge is 0.101 e. The van der Waals surface area contributed by atoms with Gasteiger partial charge in [-0.15, -0.1) is 0 Å². The van der Waals surface area contributed by atoms with E-state index in [0.717, 1.165) is 0 Å². The zero-order chi connectivity index (χ0) is 13.2. The Kier molecular flexibility index (Phi) is 7.95. The van der Waals surface area contributed by atoms with Crippen molar-refractivity contribution in [2.24, 2.45) is 0 Å². The minimum Gasteiger partial charge on any atom is -0.356 e. The molecule has 0 fully saturated rings. The molecule has 106 valence electrons. The lowest BCUT2D eigenvalue weighted by Crippen LogP contribution is -2.39. The lowest BCUT2D eigenvalue weighted by molar-refractivity contribution is 0.138. The van der Waals surface area contributed by atoms with Crippen LogP contribution in [0.4, 0.5) is 0 Å². The molecule has 1 atom stereocenters. The van der Waals surface area contributed by atoms with Gasteiger partial charge >= 0.3 is 0 Å². The Balaban J connectivity index is 2.38. The average molecular weight is 252 g/mol. The van der Waals surface area contributed by atoms with Gasteiger partial charge in [0.15, 0.2) is 0 Å². The SMILES string of the molecule is CCCCCCC1N(CCC)C=CN1CCCC. The highest BCUT2D eigenvalue weighted by Crippen LogP contribution is 2.22. The van der Waals surface area contributed by atoms with Crippen molar-refractivity contribution in [3.63, 3.8) is 0 Å². The van der Waals surface area contributed by atoms with Crippen LogP contribution < -0.4 is 0 Å². The molecule has 0 amide bonds. The molecule has 2 heteroatoms. The number of hydrogen-bond acceptors (Lipinski definition) is 2. The van der Waals surface area contributed by atoms with Gasteiger partial charge < -0.3 is 9.80 Å². The van der Waals surface area contributed by atoms with Crippen LogP contribution in [0.25, 0.3) is 0 Å². The zero-order valence-corrected chi connectivity index (χ0v) is 12.7. The van der Waals surface area contributed by atoms with Crippen molar-refractivity contribution in [3.8, 4) is 0 Å². The third-order valence-electron chi connectivity index (χ3n) is 3.78. The summed E-state index contributed by atoms with van der Waals surface area (Å²) in [4.78, 5) is 5.10. The van der Waals surface area contributed by atoms with Gasteiger partial charge in [-0.1, -0.05) is 46.5 Å². The van der Waals surface area contributed by atoms with Gasteiger partial charge in [0.05, 0.1) is 0 Å². The molecular formula is C16H32N2. The molecule has 0 aliphatic carbocycles. The summed E-state index contributed by atoms with van der Waals surface area (Å²) in [5, 5.41) is 0. The molecule has 0 bridgehead atoms. The van der Waals surface area contributed by atoms with Gasteiger partial charge in [-0.3, -0.25) is 0 Å². The molecule has 1 rings (SSSR count). The maximum Gasteiger partial charge on any atom is 0.101 e. The molecule has 18 heavy (non-hydrogen) atoms. The molecule has 0 saturated carbocycles. The normalized spacial score (nSPS) is 18.9. The van der Waals surface area contributed by atoms with Crippen LogP contribution in [-0.4, -0.2) is 29.1 Å². The van der Waals surface area contributed by atoms with Crippen molar-refractivity contribution in [3.05, 3.63) is 12.4 Å². The standard InChI is InChI=1S/C16H32N2/c1-4-7-9-10-11-16-17(12-6-3)14-15-18(16)13-8-5-2/h14-16H,4-13H2,1-3H3. The van der Waals surface area contributed by atoms with Crippen molar-refractivity contribution in [2.45, 2.75) is 78.3 Å². The second-order valence-electron chi connectivity index (χ2n) is 5.46. The molecule has 0 aromatic rings. The predicted molar refractivity (Wildman–Crippen MR) is 80.3 cm³/mol. The summed E-state index contributed by atoms with van der Waals surface area (Å²) in [6.45, 7) is 9.27. The summed E-state index contributed by atoms with van der Waals surface area (Å²) >= 11 is 0. The van der Waals surface area contributed by atoms with Gasteiger partial charge in [-0.25, -0.2) is 0 Å². The maximum absolute atomic E-state index is 2.56. The second kappa shape index (κ2) is 9.29. The number of rotatable bonds is 10. The molecule has 0 aromatic carbocycles. The summed E-state index contributed by atoms with van der Waals surface area (Å²) in [5.74, 6) is 0. The summed E-state index contributed by atoms with van der Waals surface area (Å²) in [5.41, 5.74) is 0. The Hall–Kier alpha value is -0.660. The van der Waals surface area contributed by atoms with E-state index < -0.39 is 0 Å². The number of unbranched alkanes of at least 4 members (excludes halogenated alkanes) is 4. The third kappa shape index (κ3) is 4.91. The Bertz CT molecular complexity index is 225. The van der Waals surface area contributed by atoms with E-state index in [-0.39, 0.29) is 0 Å². The molecule has 0 N–H and O–H groups in total. The van der Waals surface area contributed by atoms with Crippen LogP contribution in [-0.2, 0) is 0 Å². The quantitative estimate of drug-likeness (QED) is 0.525. The summed E-state index contributed by atoms with van der Waals surface area (Å²) < 4.78 is 0. The van der Waals surface area contributed by atoms with E-state index in [1.165, 1.54) is 64.5 Å². The van der Waals surface area contributed by atoms with Gasteiger partial charge in [0.1, 0.15) is 6.17 Å². The Morgan fingerprint density at radius 2 is 1.39 bits per heavy atom. The van der Waals surface area contributed by atoms with Crippen LogP contribution in [0.3, 0.4) is 0 Å². The van der Waals surface area contributed by atoms with Gasteiger partial charge in [0, 0.05) is 25.5 Å². The van der Waals surface area contributed by atoms with Crippen molar-refractivity contribution in [1.29, 1.82) is 0 Å². The molecule has 1 aliphatic rings. The molecular weight excluding hydrogens is 220 g/mol. The molecule has 1 unspecified atom stereocenters. The Morgan fingerprint density at radius 3 is 2.00 bits per heavy atom. The minimum atomic E-state index is 0.647. The zero-order valence-electron chi connectivity index (χ0n) is 12.7. The lowest BCUT2D eigenvalue weighted by Gasteiger charge is -2.33. The Labute approximate surface area is 114 Å². The first-order valence-corrected chi connectivity index (χ1v) is 8.03. The highest BCUT2D eigenvalue weighted by molar-refractivity contribution is 4.96. The summed E-state index contributed by atoms with van der Waals surface area (Å²) in [6.07, 6.45) is 16.0. The largest absolute Gasteiger partial charge is 0.356 e. The van der Waals surface area contributed by atoms with Crippen molar-refractivity contribution in [1.82, 2.24) is 9.80 Å². The van der Waals surface area contributed by atoms with Crippen molar-refractivity contribution >= 4 is 0 Å². The summed E-state index contributed by atoms with van der Waals surface area (Å²) in [7, 11) is 0. The molecule has 2 nitrogen and oxygen atoms in total. The van der Waals surface area contributed by atoms with E-state index in [2.05, 4.69) is 43.0 Å². The van der Waals surface area contributed by atoms with Crippen molar-refractivity contribution in [2.75, 3.05) is 13.1 Å². The predicted octanol–water partition coefficient (Wildman–Crippen LogP) is 4.58. The van der Waals surface area contributed by atoms with Crippen LogP contribution in [0.2, 0.25) is 0 Å². The molecule has 1 aliphatic heterocycles. The topological polar surface area (TPSA) is 6.48 Å². The van der Waals surface area contributed by atoms with E-state index in [1.807, 2.05) is 0 Å². The van der Waals surface area contributed by atoms with Gasteiger partial charge in [-0.2, -0.15) is 0 Å². The van der Waals surface area contributed by atoms with Crippen LogP contribution in [0.15, 0.2) is 12.4 Å².